The molecule has 2 aliphatic rings. The number of hydrogen-bond donors (Lipinski definition) is 3. The molecule has 4 amide bonds. The van der Waals surface area contributed by atoms with Crippen molar-refractivity contribution < 1.29 is 23.5 Å². The Balaban J connectivity index is 1.39. The molecule has 5 heterocycles. The average Bonchev–Trinajstić information content (AvgIpc) is 3.61. The molecule has 0 aliphatic carbocycles. The average molecular weight is 458 g/mol. The SMILES string of the molecule is COc1ccc2c(c1)C(=O)N(CC1(c3cc4cnc(-c5cn[nH]c5)cc4o3)NC(=O)NC1=O)C2. The number of pyridine rings is 1. The third-order valence-corrected chi connectivity index (χ3v) is 6.18. The first-order chi connectivity index (χ1) is 16.5. The van der Waals surface area contributed by atoms with E-state index in [0.29, 0.717) is 28.0 Å². The highest BCUT2D eigenvalue weighted by molar-refractivity contribution is 6.08. The van der Waals surface area contributed by atoms with Gasteiger partial charge in [0.25, 0.3) is 11.8 Å². The predicted octanol–water partition coefficient (Wildman–Crippen LogP) is 1.92. The van der Waals surface area contributed by atoms with Crippen molar-refractivity contribution in [3.8, 4) is 17.0 Å². The molecule has 0 saturated carbocycles. The van der Waals surface area contributed by atoms with Gasteiger partial charge in [0.1, 0.15) is 17.1 Å². The summed E-state index contributed by atoms with van der Waals surface area (Å²) in [5.41, 5.74) is 1.61. The van der Waals surface area contributed by atoms with Crippen molar-refractivity contribution >= 4 is 28.8 Å². The normalized spacial score (nSPS) is 19.4. The van der Waals surface area contributed by atoms with E-state index in [1.165, 1.54) is 12.0 Å². The Morgan fingerprint density at radius 2 is 2.06 bits per heavy atom. The molecule has 1 aromatic carbocycles. The van der Waals surface area contributed by atoms with Crippen molar-refractivity contribution in [2.75, 3.05) is 13.7 Å². The zero-order valence-electron chi connectivity index (χ0n) is 17.9. The standard InChI is InChI=1S/C23H18N6O5/c1-33-15-3-2-12-10-29(20(30)16(12)5-15)11-23(21(31)27-22(32)28-23)19-4-13-7-24-17(6-18(13)34-19)14-8-25-26-9-14/h2-9H,10-11H2,1H3,(H,25,26)(H2,27,28,31,32). The highest BCUT2D eigenvalue weighted by Crippen LogP contribution is 2.35. The second-order valence-corrected chi connectivity index (χ2v) is 8.20. The zero-order valence-corrected chi connectivity index (χ0v) is 17.9. The van der Waals surface area contributed by atoms with Crippen molar-refractivity contribution in [1.29, 1.82) is 0 Å². The van der Waals surface area contributed by atoms with Crippen LogP contribution in [0.25, 0.3) is 22.2 Å². The minimum atomic E-state index is -1.59. The molecule has 1 saturated heterocycles. The van der Waals surface area contributed by atoms with Crippen molar-refractivity contribution in [3.05, 3.63) is 65.8 Å². The van der Waals surface area contributed by atoms with Crippen LogP contribution in [0.4, 0.5) is 4.79 Å². The first-order valence-corrected chi connectivity index (χ1v) is 10.5. The van der Waals surface area contributed by atoms with Gasteiger partial charge < -0.3 is 19.4 Å². The number of furan rings is 1. The number of amides is 4. The molecule has 6 rings (SSSR count). The number of nitrogens with one attached hydrogen (secondary N) is 3. The molecule has 0 radical (unpaired) electrons. The fraction of sp³-hybridized carbons (Fsp3) is 0.174. The summed E-state index contributed by atoms with van der Waals surface area (Å²) in [4.78, 5) is 44.3. The third kappa shape index (κ3) is 2.94. The molecule has 0 spiro atoms. The second kappa shape index (κ2) is 7.17. The van der Waals surface area contributed by atoms with E-state index in [0.717, 1.165) is 11.1 Å². The Labute approximate surface area is 192 Å². The number of ether oxygens (including phenoxy) is 1. The van der Waals surface area contributed by atoms with Crippen LogP contribution in [0.1, 0.15) is 21.7 Å². The number of methoxy groups -OCH3 is 1. The summed E-state index contributed by atoms with van der Waals surface area (Å²) in [6, 6.07) is 7.99. The van der Waals surface area contributed by atoms with Crippen molar-refractivity contribution in [1.82, 2.24) is 30.7 Å². The van der Waals surface area contributed by atoms with Gasteiger partial charge in [0.2, 0.25) is 0 Å². The van der Waals surface area contributed by atoms with E-state index in [9.17, 15) is 14.4 Å². The lowest BCUT2D eigenvalue weighted by atomic mass is 9.95. The number of aromatic amines is 1. The van der Waals surface area contributed by atoms with E-state index in [1.54, 1.807) is 42.9 Å². The Morgan fingerprint density at radius 1 is 1.18 bits per heavy atom. The molecule has 11 nitrogen and oxygen atoms in total. The first kappa shape index (κ1) is 20.0. The Hall–Kier alpha value is -4.67. The maximum Gasteiger partial charge on any atom is 0.322 e. The molecule has 1 atom stereocenters. The number of fused-ring (bicyclic) bond motifs is 2. The Kier molecular flexibility index (Phi) is 4.21. The van der Waals surface area contributed by atoms with Crippen LogP contribution < -0.4 is 15.4 Å². The number of urea groups is 1. The van der Waals surface area contributed by atoms with Crippen LogP contribution in [0, 0.1) is 0 Å². The zero-order chi connectivity index (χ0) is 23.4. The van der Waals surface area contributed by atoms with Gasteiger partial charge in [-0.3, -0.25) is 25.0 Å². The molecular formula is C23H18N6O5. The number of aromatic nitrogens is 3. The molecule has 11 heteroatoms. The maximum absolute atomic E-state index is 13.1. The molecular weight excluding hydrogens is 440 g/mol. The lowest BCUT2D eigenvalue weighted by Crippen LogP contribution is -2.52. The Bertz CT molecular complexity index is 1480. The molecule has 1 unspecified atom stereocenters. The molecule has 2 aliphatic heterocycles. The van der Waals surface area contributed by atoms with Crippen molar-refractivity contribution in [3.63, 3.8) is 0 Å². The van der Waals surface area contributed by atoms with E-state index < -0.39 is 17.5 Å². The monoisotopic (exact) mass is 458 g/mol. The van der Waals surface area contributed by atoms with Gasteiger partial charge in [0.05, 0.1) is 25.5 Å². The molecule has 3 N–H and O–H groups in total. The van der Waals surface area contributed by atoms with Gasteiger partial charge >= 0.3 is 6.03 Å². The molecule has 170 valence electrons. The summed E-state index contributed by atoms with van der Waals surface area (Å²) in [5, 5.41) is 12.3. The van der Waals surface area contributed by atoms with Gasteiger partial charge in [0, 0.05) is 41.5 Å². The third-order valence-electron chi connectivity index (χ3n) is 6.18. The van der Waals surface area contributed by atoms with Gasteiger partial charge in [-0.15, -0.1) is 0 Å². The van der Waals surface area contributed by atoms with Crippen LogP contribution in [-0.4, -0.2) is 51.6 Å². The summed E-state index contributed by atoms with van der Waals surface area (Å²) >= 11 is 0. The predicted molar refractivity (Wildman–Crippen MR) is 118 cm³/mol. The van der Waals surface area contributed by atoms with Crippen LogP contribution in [-0.2, 0) is 16.9 Å². The van der Waals surface area contributed by atoms with Crippen LogP contribution in [0.2, 0.25) is 0 Å². The Morgan fingerprint density at radius 3 is 2.79 bits per heavy atom. The number of imide groups is 1. The molecule has 3 aromatic heterocycles. The van der Waals surface area contributed by atoms with Crippen LogP contribution in [0.15, 0.2) is 53.3 Å². The summed E-state index contributed by atoms with van der Waals surface area (Å²) in [6.07, 6.45) is 4.96. The number of carbonyl (C=O) groups excluding carboxylic acids is 3. The fourth-order valence-electron chi connectivity index (χ4n) is 4.43. The summed E-state index contributed by atoms with van der Waals surface area (Å²) in [6.45, 7) is 0.178. The number of hydrogen-bond acceptors (Lipinski definition) is 7. The van der Waals surface area contributed by atoms with E-state index in [-0.39, 0.29) is 24.8 Å². The summed E-state index contributed by atoms with van der Waals surface area (Å²) < 4.78 is 11.3. The largest absolute Gasteiger partial charge is 0.497 e. The second-order valence-electron chi connectivity index (χ2n) is 8.20. The highest BCUT2D eigenvalue weighted by Gasteiger charge is 2.53. The molecule has 1 fully saturated rings. The van der Waals surface area contributed by atoms with Crippen LogP contribution in [0.5, 0.6) is 5.75 Å². The number of nitrogens with zero attached hydrogens (tertiary/aromatic N) is 3. The minimum absolute atomic E-state index is 0.109. The van der Waals surface area contributed by atoms with E-state index in [2.05, 4.69) is 25.8 Å². The number of benzene rings is 1. The van der Waals surface area contributed by atoms with Gasteiger partial charge in [-0.05, 0) is 23.8 Å². The van der Waals surface area contributed by atoms with Crippen LogP contribution in [0.3, 0.4) is 0 Å². The summed E-state index contributed by atoms with van der Waals surface area (Å²) in [7, 11) is 1.53. The molecule has 4 aromatic rings. The molecule has 0 bridgehead atoms. The van der Waals surface area contributed by atoms with Crippen LogP contribution >= 0.6 is 0 Å². The number of rotatable bonds is 5. The number of H-pyrrole nitrogens is 1. The summed E-state index contributed by atoms with van der Waals surface area (Å²) in [5.74, 6) is -0.0877. The van der Waals surface area contributed by atoms with Gasteiger partial charge in [-0.1, -0.05) is 6.07 Å². The first-order valence-electron chi connectivity index (χ1n) is 10.5. The van der Waals surface area contributed by atoms with Crippen molar-refractivity contribution in [2.45, 2.75) is 12.1 Å². The van der Waals surface area contributed by atoms with E-state index >= 15 is 0 Å². The minimum Gasteiger partial charge on any atom is -0.497 e. The van der Waals surface area contributed by atoms with Gasteiger partial charge in [0.15, 0.2) is 5.54 Å². The van der Waals surface area contributed by atoms with Gasteiger partial charge in [-0.25, -0.2) is 4.79 Å². The lowest BCUT2D eigenvalue weighted by molar-refractivity contribution is -0.125. The van der Waals surface area contributed by atoms with Gasteiger partial charge in [-0.2, -0.15) is 5.10 Å². The lowest BCUT2D eigenvalue weighted by Gasteiger charge is -2.29. The molecule has 34 heavy (non-hydrogen) atoms. The highest BCUT2D eigenvalue weighted by atomic mass is 16.5. The van der Waals surface area contributed by atoms with E-state index in [1.807, 2.05) is 6.07 Å². The maximum atomic E-state index is 13.1. The topological polar surface area (TPSA) is 142 Å². The van der Waals surface area contributed by atoms with E-state index in [4.69, 9.17) is 9.15 Å². The smallest absolute Gasteiger partial charge is 0.322 e. The quantitative estimate of drug-likeness (QED) is 0.388. The fourth-order valence-corrected chi connectivity index (χ4v) is 4.43. The number of carbonyl (C=O) groups is 3. The van der Waals surface area contributed by atoms with Crippen molar-refractivity contribution in [2.24, 2.45) is 0 Å².